The summed E-state index contributed by atoms with van der Waals surface area (Å²) in [6.45, 7) is 6.24. The Morgan fingerprint density at radius 3 is 2.50 bits per heavy atom. The van der Waals surface area contributed by atoms with Crippen LogP contribution in [0, 0.1) is 11.8 Å². The van der Waals surface area contributed by atoms with Crippen LogP contribution >= 0.6 is 0 Å². The minimum Gasteiger partial charge on any atom is -0.274 e. The molecule has 0 aromatic rings. The van der Waals surface area contributed by atoms with Gasteiger partial charge in [0.2, 0.25) is 5.91 Å². The summed E-state index contributed by atoms with van der Waals surface area (Å²) in [6.07, 6.45) is 3.59. The van der Waals surface area contributed by atoms with Gasteiger partial charge in [-0.3, -0.25) is 9.80 Å². The van der Waals surface area contributed by atoms with E-state index in [1.54, 1.807) is 0 Å². The summed E-state index contributed by atoms with van der Waals surface area (Å²) in [5.74, 6) is 0.859. The van der Waals surface area contributed by atoms with E-state index in [-0.39, 0.29) is 11.8 Å². The molecule has 1 saturated heterocycles. The van der Waals surface area contributed by atoms with Gasteiger partial charge in [-0.05, 0) is 25.2 Å². The smallest absolute Gasteiger partial charge is 0.240 e. The number of nitrogens with zero attached hydrogens (tertiary/aromatic N) is 1. The third-order valence-corrected chi connectivity index (χ3v) is 3.72. The molecule has 3 heteroatoms. The van der Waals surface area contributed by atoms with Gasteiger partial charge < -0.3 is 0 Å². The number of amides is 1. The van der Waals surface area contributed by atoms with Crippen molar-refractivity contribution in [3.8, 4) is 0 Å². The van der Waals surface area contributed by atoms with Gasteiger partial charge in [-0.2, -0.15) is 0 Å². The molecule has 1 amide bonds. The molecule has 14 heavy (non-hydrogen) atoms. The lowest BCUT2D eigenvalue weighted by Crippen LogP contribution is -2.49. The Bertz CT molecular complexity index is 239. The summed E-state index contributed by atoms with van der Waals surface area (Å²) in [6, 6.07) is 1.05. The highest BCUT2D eigenvalue weighted by atomic mass is 16.2. The van der Waals surface area contributed by atoms with Crippen LogP contribution in [0.3, 0.4) is 0 Å². The molecule has 0 spiro atoms. The number of nitrogens with one attached hydrogen (secondary N) is 1. The molecular formula is C11H20N2O. The van der Waals surface area contributed by atoms with E-state index in [2.05, 4.69) is 19.3 Å². The van der Waals surface area contributed by atoms with Gasteiger partial charge in [-0.1, -0.05) is 20.8 Å². The van der Waals surface area contributed by atoms with E-state index >= 15 is 0 Å². The monoisotopic (exact) mass is 196 g/mol. The van der Waals surface area contributed by atoms with Gasteiger partial charge in [0.05, 0.1) is 0 Å². The topological polar surface area (TPSA) is 32.3 Å². The molecular weight excluding hydrogens is 176 g/mol. The van der Waals surface area contributed by atoms with E-state index in [1.807, 2.05) is 11.9 Å². The van der Waals surface area contributed by atoms with Crippen molar-refractivity contribution >= 4 is 5.91 Å². The number of carbonyl (C=O) groups excluding carboxylic acids is 1. The number of carbonyl (C=O) groups is 1. The second-order valence-corrected chi connectivity index (χ2v) is 5.03. The van der Waals surface area contributed by atoms with Gasteiger partial charge in [0, 0.05) is 18.0 Å². The van der Waals surface area contributed by atoms with Crippen LogP contribution < -0.4 is 5.43 Å². The quantitative estimate of drug-likeness (QED) is 0.726. The van der Waals surface area contributed by atoms with Crippen molar-refractivity contribution in [2.24, 2.45) is 11.8 Å². The Balaban J connectivity index is 1.99. The summed E-state index contributed by atoms with van der Waals surface area (Å²) in [5, 5.41) is 1.90. The number of fused-ring (bicyclic) bond motifs is 2. The lowest BCUT2D eigenvalue weighted by Gasteiger charge is -2.31. The van der Waals surface area contributed by atoms with Crippen molar-refractivity contribution in [1.82, 2.24) is 10.4 Å². The average molecular weight is 196 g/mol. The lowest BCUT2D eigenvalue weighted by atomic mass is 9.96. The van der Waals surface area contributed by atoms with Gasteiger partial charge in [-0.15, -0.1) is 0 Å². The maximum Gasteiger partial charge on any atom is 0.240 e. The van der Waals surface area contributed by atoms with Crippen molar-refractivity contribution in [2.75, 3.05) is 0 Å². The summed E-state index contributed by atoms with van der Waals surface area (Å²) in [5.41, 5.74) is 3.31. The summed E-state index contributed by atoms with van der Waals surface area (Å²) < 4.78 is 0. The minimum atomic E-state index is 0.141. The highest BCUT2D eigenvalue weighted by Crippen LogP contribution is 2.31. The second-order valence-electron chi connectivity index (χ2n) is 5.03. The van der Waals surface area contributed by atoms with Gasteiger partial charge >= 0.3 is 0 Å². The molecule has 2 bridgehead atoms. The first-order valence-electron chi connectivity index (χ1n) is 5.69. The van der Waals surface area contributed by atoms with E-state index in [0.29, 0.717) is 18.0 Å². The van der Waals surface area contributed by atoms with Crippen LogP contribution in [-0.4, -0.2) is 23.0 Å². The van der Waals surface area contributed by atoms with Crippen LogP contribution in [0.4, 0.5) is 0 Å². The van der Waals surface area contributed by atoms with Gasteiger partial charge in [0.15, 0.2) is 0 Å². The molecule has 80 valence electrons. The zero-order valence-corrected chi connectivity index (χ0v) is 9.29. The van der Waals surface area contributed by atoms with E-state index in [0.717, 1.165) is 6.42 Å². The summed E-state index contributed by atoms with van der Waals surface area (Å²) in [7, 11) is 0. The van der Waals surface area contributed by atoms with Crippen LogP contribution in [0.15, 0.2) is 0 Å². The van der Waals surface area contributed by atoms with Crippen molar-refractivity contribution in [3.05, 3.63) is 0 Å². The molecule has 2 fully saturated rings. The van der Waals surface area contributed by atoms with E-state index < -0.39 is 0 Å². The third kappa shape index (κ3) is 1.54. The Labute approximate surface area is 85.8 Å². The van der Waals surface area contributed by atoms with E-state index in [1.165, 1.54) is 12.8 Å². The lowest BCUT2D eigenvalue weighted by molar-refractivity contribution is -0.141. The molecule has 1 aliphatic heterocycles. The van der Waals surface area contributed by atoms with E-state index in [4.69, 9.17) is 0 Å². The highest BCUT2D eigenvalue weighted by Gasteiger charge is 2.41. The first-order valence-corrected chi connectivity index (χ1v) is 5.69. The summed E-state index contributed by atoms with van der Waals surface area (Å²) >= 11 is 0. The minimum absolute atomic E-state index is 0.141. The fraction of sp³-hybridized carbons (Fsp3) is 0.909. The normalized spacial score (nSPS) is 32.7. The summed E-state index contributed by atoms with van der Waals surface area (Å²) in [4.78, 5) is 12.0. The first-order chi connectivity index (χ1) is 6.59. The van der Waals surface area contributed by atoms with Crippen molar-refractivity contribution < 1.29 is 4.79 Å². The van der Waals surface area contributed by atoms with E-state index in [9.17, 15) is 4.79 Å². The Morgan fingerprint density at radius 1 is 1.36 bits per heavy atom. The SMILES string of the molecule is CC(C)C(C)C(=O)N1NC2CCC1C2. The molecule has 1 aliphatic carbocycles. The molecule has 3 unspecified atom stereocenters. The molecule has 1 saturated carbocycles. The Morgan fingerprint density at radius 2 is 2.07 bits per heavy atom. The Hall–Kier alpha value is -0.570. The van der Waals surface area contributed by atoms with Crippen LogP contribution in [0.1, 0.15) is 40.0 Å². The maximum atomic E-state index is 12.0. The van der Waals surface area contributed by atoms with Crippen molar-refractivity contribution in [3.63, 3.8) is 0 Å². The average Bonchev–Trinajstić information content (AvgIpc) is 2.76. The number of hydrogen-bond acceptors (Lipinski definition) is 2. The zero-order valence-electron chi connectivity index (χ0n) is 9.29. The van der Waals surface area contributed by atoms with Crippen LogP contribution in [0.2, 0.25) is 0 Å². The first kappa shape index (κ1) is 9.97. The second kappa shape index (κ2) is 3.54. The third-order valence-electron chi connectivity index (χ3n) is 3.72. The highest BCUT2D eigenvalue weighted by molar-refractivity contribution is 5.79. The van der Waals surface area contributed by atoms with Crippen LogP contribution in [-0.2, 0) is 4.79 Å². The molecule has 0 aromatic heterocycles. The number of hydrazine groups is 1. The molecule has 2 rings (SSSR count). The Kier molecular flexibility index (Phi) is 2.52. The van der Waals surface area contributed by atoms with Gasteiger partial charge in [-0.25, -0.2) is 5.43 Å². The maximum absolute atomic E-state index is 12.0. The van der Waals surface area contributed by atoms with Crippen molar-refractivity contribution in [1.29, 1.82) is 0 Å². The van der Waals surface area contributed by atoms with Crippen LogP contribution in [0.25, 0.3) is 0 Å². The molecule has 0 aromatic carbocycles. The molecule has 1 N–H and O–H groups in total. The standard InChI is InChI=1S/C11H20N2O/c1-7(2)8(3)11(14)13-10-5-4-9(6-10)12-13/h7-10,12H,4-6H2,1-3H3. The predicted molar refractivity (Wildman–Crippen MR) is 55.4 cm³/mol. The molecule has 1 heterocycles. The molecule has 3 atom stereocenters. The number of rotatable bonds is 2. The van der Waals surface area contributed by atoms with Crippen molar-refractivity contribution in [2.45, 2.75) is 52.1 Å². The fourth-order valence-corrected chi connectivity index (χ4v) is 2.36. The molecule has 2 aliphatic rings. The van der Waals surface area contributed by atoms with Crippen LogP contribution in [0.5, 0.6) is 0 Å². The van der Waals surface area contributed by atoms with Gasteiger partial charge in [0.1, 0.15) is 0 Å². The predicted octanol–water partition coefficient (Wildman–Crippen LogP) is 1.55. The largest absolute Gasteiger partial charge is 0.274 e. The molecule has 3 nitrogen and oxygen atoms in total. The zero-order chi connectivity index (χ0) is 10.3. The fourth-order valence-electron chi connectivity index (χ4n) is 2.36. The number of hydrogen-bond donors (Lipinski definition) is 1. The van der Waals surface area contributed by atoms with Gasteiger partial charge in [0.25, 0.3) is 0 Å². The molecule has 0 radical (unpaired) electrons.